The lowest BCUT2D eigenvalue weighted by atomic mass is 10.2. The average molecular weight is 181 g/mol. The summed E-state index contributed by atoms with van der Waals surface area (Å²) in [6, 6.07) is 3.87. The van der Waals surface area contributed by atoms with Gasteiger partial charge >= 0.3 is 5.69 Å². The van der Waals surface area contributed by atoms with Gasteiger partial charge in [-0.2, -0.15) is 5.10 Å². The van der Waals surface area contributed by atoms with Crippen LogP contribution in [0, 0.1) is 10.1 Å². The van der Waals surface area contributed by atoms with Crippen molar-refractivity contribution in [3.63, 3.8) is 0 Å². The van der Waals surface area contributed by atoms with E-state index in [0.717, 1.165) is 0 Å². The summed E-state index contributed by atoms with van der Waals surface area (Å²) in [6.07, 6.45) is 1.26. The van der Waals surface area contributed by atoms with Crippen LogP contribution in [0.15, 0.2) is 23.3 Å². The highest BCUT2D eigenvalue weighted by Crippen LogP contribution is 2.25. The fourth-order valence-electron chi connectivity index (χ4n) is 0.853. The number of nitro groups is 1. The van der Waals surface area contributed by atoms with E-state index < -0.39 is 4.92 Å². The number of phenolic OH excluding ortho intramolecular Hbond substituents is 1. The van der Waals surface area contributed by atoms with Crippen molar-refractivity contribution < 1.29 is 10.0 Å². The minimum atomic E-state index is -0.677. The van der Waals surface area contributed by atoms with Crippen LogP contribution in [0.1, 0.15) is 5.56 Å². The first-order chi connectivity index (χ1) is 6.15. The van der Waals surface area contributed by atoms with Gasteiger partial charge in [0.2, 0.25) is 0 Å². The highest BCUT2D eigenvalue weighted by atomic mass is 16.6. The molecule has 0 aromatic heterocycles. The van der Waals surface area contributed by atoms with Crippen LogP contribution in [0.25, 0.3) is 0 Å². The molecule has 6 nitrogen and oxygen atoms in total. The maximum atomic E-state index is 10.3. The van der Waals surface area contributed by atoms with Gasteiger partial charge in [0.25, 0.3) is 0 Å². The number of nitro benzene ring substituents is 1. The Hall–Kier alpha value is -2.11. The third-order valence-electron chi connectivity index (χ3n) is 1.42. The number of nitrogens with zero attached hydrogens (tertiary/aromatic N) is 2. The molecule has 0 unspecified atom stereocenters. The van der Waals surface area contributed by atoms with Crippen LogP contribution in [-0.4, -0.2) is 16.2 Å². The van der Waals surface area contributed by atoms with Crippen LogP contribution < -0.4 is 5.84 Å². The van der Waals surface area contributed by atoms with Gasteiger partial charge in [-0.1, -0.05) is 0 Å². The molecular formula is C7H7N3O3. The van der Waals surface area contributed by atoms with Crippen LogP contribution in [-0.2, 0) is 0 Å². The fourth-order valence-corrected chi connectivity index (χ4v) is 0.853. The quantitative estimate of drug-likeness (QED) is 0.301. The van der Waals surface area contributed by atoms with Crippen LogP contribution >= 0.6 is 0 Å². The zero-order valence-electron chi connectivity index (χ0n) is 6.54. The molecule has 1 rings (SSSR count). The summed E-state index contributed by atoms with van der Waals surface area (Å²) in [5.41, 5.74) is 0.101. The first-order valence-corrected chi connectivity index (χ1v) is 3.36. The van der Waals surface area contributed by atoms with Gasteiger partial charge in [0.05, 0.1) is 11.1 Å². The largest absolute Gasteiger partial charge is 0.502 e. The van der Waals surface area contributed by atoms with Crippen molar-refractivity contribution in [1.29, 1.82) is 0 Å². The van der Waals surface area contributed by atoms with Gasteiger partial charge in [0, 0.05) is 11.6 Å². The van der Waals surface area contributed by atoms with Gasteiger partial charge in [-0.05, 0) is 12.1 Å². The van der Waals surface area contributed by atoms with E-state index in [-0.39, 0.29) is 11.4 Å². The second-order valence-electron chi connectivity index (χ2n) is 2.28. The molecule has 0 bridgehead atoms. The maximum absolute atomic E-state index is 10.3. The third-order valence-corrected chi connectivity index (χ3v) is 1.42. The van der Waals surface area contributed by atoms with Gasteiger partial charge in [0.15, 0.2) is 5.75 Å². The normalized spacial score (nSPS) is 10.5. The second-order valence-corrected chi connectivity index (χ2v) is 2.28. The molecule has 1 aromatic rings. The number of nitrogens with two attached hydrogens (primary N) is 1. The lowest BCUT2D eigenvalue weighted by Gasteiger charge is -1.96. The van der Waals surface area contributed by atoms with Crippen LogP contribution in [0.3, 0.4) is 0 Å². The van der Waals surface area contributed by atoms with Crippen LogP contribution in [0.4, 0.5) is 5.69 Å². The van der Waals surface area contributed by atoms with Crippen molar-refractivity contribution in [3.05, 3.63) is 33.9 Å². The molecule has 3 N–H and O–H groups in total. The number of hydrazone groups is 1. The Kier molecular flexibility index (Phi) is 2.44. The Balaban J connectivity index is 3.18. The Morgan fingerprint density at radius 2 is 2.31 bits per heavy atom. The summed E-state index contributed by atoms with van der Waals surface area (Å²) in [7, 11) is 0. The summed E-state index contributed by atoms with van der Waals surface area (Å²) >= 11 is 0. The third kappa shape index (κ3) is 1.92. The zero-order chi connectivity index (χ0) is 9.84. The van der Waals surface area contributed by atoms with Crippen molar-refractivity contribution in [2.45, 2.75) is 0 Å². The topological polar surface area (TPSA) is 102 Å². The predicted molar refractivity (Wildman–Crippen MR) is 46.5 cm³/mol. The Bertz CT molecular complexity index is 362. The first-order valence-electron chi connectivity index (χ1n) is 3.36. The SMILES string of the molecule is NN=Cc1ccc(O)c([N+](=O)[O-])c1. The molecule has 0 radical (unpaired) electrons. The molecule has 6 heteroatoms. The number of phenols is 1. The van der Waals surface area contributed by atoms with Gasteiger partial charge in [-0.25, -0.2) is 0 Å². The fraction of sp³-hybridized carbons (Fsp3) is 0. The number of aromatic hydroxyl groups is 1. The Morgan fingerprint density at radius 3 is 2.85 bits per heavy atom. The minimum Gasteiger partial charge on any atom is -0.502 e. The molecule has 1 aromatic carbocycles. The predicted octanol–water partition coefficient (Wildman–Crippen LogP) is 0.593. The maximum Gasteiger partial charge on any atom is 0.311 e. The smallest absolute Gasteiger partial charge is 0.311 e. The Morgan fingerprint density at radius 1 is 1.62 bits per heavy atom. The average Bonchev–Trinajstić information content (AvgIpc) is 2.08. The first kappa shape index (κ1) is 8.98. The molecule has 0 fully saturated rings. The zero-order valence-corrected chi connectivity index (χ0v) is 6.54. The van der Waals surface area contributed by atoms with Gasteiger partial charge in [-0.15, -0.1) is 0 Å². The molecule has 0 aliphatic heterocycles. The molecular weight excluding hydrogens is 174 g/mol. The minimum absolute atomic E-state index is 0.364. The van der Waals surface area contributed by atoms with Crippen molar-refractivity contribution in [2.75, 3.05) is 0 Å². The summed E-state index contributed by atoms with van der Waals surface area (Å²) in [6.45, 7) is 0. The summed E-state index contributed by atoms with van der Waals surface area (Å²) in [4.78, 5) is 9.67. The summed E-state index contributed by atoms with van der Waals surface area (Å²) < 4.78 is 0. The van der Waals surface area contributed by atoms with E-state index in [2.05, 4.69) is 5.10 Å². The van der Waals surface area contributed by atoms with Crippen LogP contribution in [0.2, 0.25) is 0 Å². The van der Waals surface area contributed by atoms with E-state index in [1.54, 1.807) is 0 Å². The molecule has 0 aliphatic rings. The van der Waals surface area contributed by atoms with Crippen molar-refractivity contribution in [3.8, 4) is 5.75 Å². The molecule has 0 saturated heterocycles. The highest BCUT2D eigenvalue weighted by Gasteiger charge is 2.12. The van der Waals surface area contributed by atoms with Crippen molar-refractivity contribution in [1.82, 2.24) is 0 Å². The van der Waals surface area contributed by atoms with E-state index in [9.17, 15) is 10.1 Å². The lowest BCUT2D eigenvalue weighted by Crippen LogP contribution is -1.92. The van der Waals surface area contributed by atoms with E-state index in [1.807, 2.05) is 0 Å². The van der Waals surface area contributed by atoms with Gasteiger partial charge < -0.3 is 10.9 Å². The monoisotopic (exact) mass is 181 g/mol. The molecule has 0 spiro atoms. The van der Waals surface area contributed by atoms with Crippen LogP contribution in [0.5, 0.6) is 5.75 Å². The van der Waals surface area contributed by atoms with E-state index in [1.165, 1.54) is 24.4 Å². The highest BCUT2D eigenvalue weighted by molar-refractivity contribution is 5.81. The molecule has 0 aliphatic carbocycles. The lowest BCUT2D eigenvalue weighted by molar-refractivity contribution is -0.385. The Labute approximate surface area is 73.4 Å². The number of rotatable bonds is 2. The standard InChI is InChI=1S/C7H7N3O3/c8-9-4-5-1-2-7(11)6(3-5)10(12)13/h1-4,11H,8H2. The number of hydrogen-bond acceptors (Lipinski definition) is 5. The van der Waals surface area contributed by atoms with Crippen molar-refractivity contribution in [2.24, 2.45) is 10.9 Å². The van der Waals surface area contributed by atoms with E-state index in [4.69, 9.17) is 10.9 Å². The van der Waals surface area contributed by atoms with Crippen molar-refractivity contribution >= 4 is 11.9 Å². The van der Waals surface area contributed by atoms with E-state index in [0.29, 0.717) is 5.56 Å². The molecule has 68 valence electrons. The van der Waals surface area contributed by atoms with E-state index >= 15 is 0 Å². The molecule has 0 atom stereocenters. The molecule has 0 amide bonds. The number of benzene rings is 1. The summed E-state index contributed by atoms with van der Waals surface area (Å²) in [5.74, 6) is 4.49. The molecule has 13 heavy (non-hydrogen) atoms. The second kappa shape index (κ2) is 3.53. The number of hydrogen-bond donors (Lipinski definition) is 2. The summed E-state index contributed by atoms with van der Waals surface area (Å²) in [5, 5.41) is 22.6. The molecule has 0 saturated carbocycles. The van der Waals surface area contributed by atoms with Gasteiger partial charge in [0.1, 0.15) is 0 Å². The molecule has 0 heterocycles. The van der Waals surface area contributed by atoms with Gasteiger partial charge in [-0.3, -0.25) is 10.1 Å².